The molecular formula is C16H22FN3. The smallest absolute Gasteiger partial charge is 0.126 e. The molecule has 108 valence electrons. The first-order valence-electron chi connectivity index (χ1n) is 7.14. The summed E-state index contributed by atoms with van der Waals surface area (Å²) in [4.78, 5) is 4.36. The van der Waals surface area contributed by atoms with Gasteiger partial charge in [-0.1, -0.05) is 13.8 Å². The van der Waals surface area contributed by atoms with Crippen molar-refractivity contribution in [2.45, 2.75) is 40.2 Å². The average molecular weight is 275 g/mol. The largest absolute Gasteiger partial charge is 0.310 e. The van der Waals surface area contributed by atoms with Crippen LogP contribution in [0.1, 0.15) is 43.8 Å². The number of hydrogen-bond acceptors (Lipinski definition) is 2. The van der Waals surface area contributed by atoms with Crippen LogP contribution in [0.2, 0.25) is 0 Å². The van der Waals surface area contributed by atoms with E-state index in [0.717, 1.165) is 30.0 Å². The minimum atomic E-state index is -0.160. The summed E-state index contributed by atoms with van der Waals surface area (Å²) in [5.41, 5.74) is 2.62. The van der Waals surface area contributed by atoms with E-state index in [1.807, 2.05) is 12.3 Å². The van der Waals surface area contributed by atoms with Crippen LogP contribution < -0.4 is 5.32 Å². The van der Waals surface area contributed by atoms with Crippen molar-refractivity contribution in [3.8, 4) is 5.69 Å². The van der Waals surface area contributed by atoms with Crippen LogP contribution in [0, 0.1) is 12.7 Å². The average Bonchev–Trinajstić information content (AvgIpc) is 2.89. The number of hydrogen-bond donors (Lipinski definition) is 1. The molecule has 0 aliphatic heterocycles. The minimum absolute atomic E-state index is 0.0946. The second-order valence-corrected chi connectivity index (χ2v) is 5.01. The third-order valence-corrected chi connectivity index (χ3v) is 3.58. The Morgan fingerprint density at radius 2 is 2.10 bits per heavy atom. The second-order valence-electron chi connectivity index (χ2n) is 5.01. The van der Waals surface area contributed by atoms with Crippen LogP contribution in [0.25, 0.3) is 5.69 Å². The number of nitrogens with zero attached hydrogens (tertiary/aromatic N) is 2. The number of aryl methyl sites for hydroxylation is 2. The minimum Gasteiger partial charge on any atom is -0.310 e. The van der Waals surface area contributed by atoms with Gasteiger partial charge in [0.1, 0.15) is 11.6 Å². The molecule has 0 saturated heterocycles. The molecule has 1 aromatic carbocycles. The Kier molecular flexibility index (Phi) is 4.55. The molecule has 20 heavy (non-hydrogen) atoms. The molecular weight excluding hydrogens is 253 g/mol. The van der Waals surface area contributed by atoms with Crippen molar-refractivity contribution in [1.82, 2.24) is 14.9 Å². The third kappa shape index (κ3) is 2.75. The quantitative estimate of drug-likeness (QED) is 0.904. The van der Waals surface area contributed by atoms with Gasteiger partial charge in [0.05, 0.1) is 5.69 Å². The van der Waals surface area contributed by atoms with Crippen LogP contribution >= 0.6 is 0 Å². The van der Waals surface area contributed by atoms with E-state index < -0.39 is 0 Å². The summed E-state index contributed by atoms with van der Waals surface area (Å²) in [5.74, 6) is 0.827. The van der Waals surface area contributed by atoms with Gasteiger partial charge in [-0.25, -0.2) is 9.37 Å². The van der Waals surface area contributed by atoms with Crippen LogP contribution in [0.3, 0.4) is 0 Å². The normalized spacial score (nSPS) is 12.7. The fourth-order valence-corrected chi connectivity index (χ4v) is 2.47. The highest BCUT2D eigenvalue weighted by Gasteiger charge is 2.16. The first kappa shape index (κ1) is 14.7. The van der Waals surface area contributed by atoms with Gasteiger partial charge in [-0.05, 0) is 43.7 Å². The van der Waals surface area contributed by atoms with Gasteiger partial charge < -0.3 is 9.88 Å². The third-order valence-electron chi connectivity index (χ3n) is 3.58. The standard InChI is InChI=1S/C16H22FN3/c1-5-16-19-7-8-20(16)15-9-11(3)14(17)10-13(15)12(4)18-6-2/h7-10,12,18H,5-6H2,1-4H3. The monoisotopic (exact) mass is 275 g/mol. The lowest BCUT2D eigenvalue weighted by Crippen LogP contribution is -2.20. The van der Waals surface area contributed by atoms with Crippen LogP contribution in [0.15, 0.2) is 24.5 Å². The van der Waals surface area contributed by atoms with Gasteiger partial charge in [0.25, 0.3) is 0 Å². The van der Waals surface area contributed by atoms with Crippen LogP contribution in [0.4, 0.5) is 4.39 Å². The molecule has 0 aliphatic carbocycles. The zero-order valence-electron chi connectivity index (χ0n) is 12.6. The highest BCUT2D eigenvalue weighted by atomic mass is 19.1. The molecule has 0 aliphatic rings. The van der Waals surface area contributed by atoms with Crippen molar-refractivity contribution in [3.05, 3.63) is 47.3 Å². The van der Waals surface area contributed by atoms with Crippen molar-refractivity contribution in [3.63, 3.8) is 0 Å². The van der Waals surface area contributed by atoms with E-state index in [1.54, 1.807) is 19.2 Å². The summed E-state index contributed by atoms with van der Waals surface area (Å²) in [7, 11) is 0. The summed E-state index contributed by atoms with van der Waals surface area (Å²) in [5, 5.41) is 3.35. The summed E-state index contributed by atoms with van der Waals surface area (Å²) in [6, 6.07) is 3.63. The number of nitrogens with one attached hydrogen (secondary N) is 1. The van der Waals surface area contributed by atoms with Gasteiger partial charge >= 0.3 is 0 Å². The van der Waals surface area contributed by atoms with Crippen molar-refractivity contribution >= 4 is 0 Å². The summed E-state index contributed by atoms with van der Waals surface area (Å²) in [6.45, 7) is 8.82. The SMILES string of the molecule is CCNC(C)c1cc(F)c(C)cc1-n1ccnc1CC. The van der Waals surface area contributed by atoms with Crippen molar-refractivity contribution in [2.75, 3.05) is 6.54 Å². The van der Waals surface area contributed by atoms with Gasteiger partial charge in [0.2, 0.25) is 0 Å². The molecule has 0 bridgehead atoms. The number of benzene rings is 1. The molecule has 0 radical (unpaired) electrons. The Morgan fingerprint density at radius 3 is 2.75 bits per heavy atom. The van der Waals surface area contributed by atoms with E-state index in [4.69, 9.17) is 0 Å². The van der Waals surface area contributed by atoms with Gasteiger partial charge in [0.15, 0.2) is 0 Å². The van der Waals surface area contributed by atoms with E-state index in [9.17, 15) is 4.39 Å². The fraction of sp³-hybridized carbons (Fsp3) is 0.438. The maximum absolute atomic E-state index is 13.9. The Hall–Kier alpha value is -1.68. The lowest BCUT2D eigenvalue weighted by atomic mass is 10.0. The molecule has 0 fully saturated rings. The molecule has 3 nitrogen and oxygen atoms in total. The van der Waals surface area contributed by atoms with Crippen molar-refractivity contribution < 1.29 is 4.39 Å². The molecule has 2 rings (SSSR count). The highest BCUT2D eigenvalue weighted by molar-refractivity contribution is 5.47. The van der Waals surface area contributed by atoms with E-state index in [2.05, 4.69) is 35.6 Å². The van der Waals surface area contributed by atoms with Crippen LogP contribution in [-0.2, 0) is 6.42 Å². The molecule has 2 aromatic rings. The molecule has 0 amide bonds. The molecule has 1 unspecified atom stereocenters. The predicted octanol–water partition coefficient (Wildman–Crippen LogP) is 3.55. The predicted molar refractivity (Wildman–Crippen MR) is 79.7 cm³/mol. The Balaban J connectivity index is 2.58. The molecule has 1 aromatic heterocycles. The summed E-state index contributed by atoms with van der Waals surface area (Å²) >= 11 is 0. The lowest BCUT2D eigenvalue weighted by molar-refractivity contribution is 0.576. The van der Waals surface area contributed by atoms with Gasteiger partial charge in [-0.2, -0.15) is 0 Å². The van der Waals surface area contributed by atoms with Gasteiger partial charge in [0, 0.05) is 24.9 Å². The molecule has 1 atom stereocenters. The number of aromatic nitrogens is 2. The molecule has 0 saturated carbocycles. The zero-order chi connectivity index (χ0) is 14.7. The van der Waals surface area contributed by atoms with Gasteiger partial charge in [-0.3, -0.25) is 0 Å². The fourth-order valence-electron chi connectivity index (χ4n) is 2.47. The lowest BCUT2D eigenvalue weighted by Gasteiger charge is -2.20. The molecule has 1 N–H and O–H groups in total. The number of imidazole rings is 1. The van der Waals surface area contributed by atoms with E-state index >= 15 is 0 Å². The van der Waals surface area contributed by atoms with Gasteiger partial charge in [-0.15, -0.1) is 0 Å². The topological polar surface area (TPSA) is 29.9 Å². The first-order chi connectivity index (χ1) is 9.58. The second kappa shape index (κ2) is 6.18. The number of halogens is 1. The maximum atomic E-state index is 13.9. The molecule has 0 spiro atoms. The number of rotatable bonds is 5. The van der Waals surface area contributed by atoms with Crippen molar-refractivity contribution in [1.29, 1.82) is 0 Å². The summed E-state index contributed by atoms with van der Waals surface area (Å²) in [6.07, 6.45) is 4.57. The molecule has 4 heteroatoms. The van der Waals surface area contributed by atoms with E-state index in [1.165, 1.54) is 0 Å². The molecule has 1 heterocycles. The Bertz CT molecular complexity index is 589. The maximum Gasteiger partial charge on any atom is 0.126 e. The first-order valence-corrected chi connectivity index (χ1v) is 7.14. The van der Waals surface area contributed by atoms with Crippen LogP contribution in [-0.4, -0.2) is 16.1 Å². The highest BCUT2D eigenvalue weighted by Crippen LogP contribution is 2.26. The van der Waals surface area contributed by atoms with E-state index in [-0.39, 0.29) is 11.9 Å². The zero-order valence-corrected chi connectivity index (χ0v) is 12.6. The van der Waals surface area contributed by atoms with E-state index in [0.29, 0.717) is 5.56 Å². The summed E-state index contributed by atoms with van der Waals surface area (Å²) < 4.78 is 16.0. The van der Waals surface area contributed by atoms with Crippen molar-refractivity contribution in [2.24, 2.45) is 0 Å². The van der Waals surface area contributed by atoms with Crippen LogP contribution in [0.5, 0.6) is 0 Å². The Morgan fingerprint density at radius 1 is 1.35 bits per heavy atom. The Labute approximate surface area is 119 Å².